The molecule has 3 aromatic rings. The van der Waals surface area contributed by atoms with E-state index < -0.39 is 23.5 Å². The molecule has 0 amide bonds. The molecule has 0 atom stereocenters. The first-order valence-electron chi connectivity index (χ1n) is 11.5. The standard InChI is InChI=1S/C27H23F6N3/c1-17(7-8-18-4-2-5-18)20(14-34)12-21-16-36(25-24(21)6-3-9-35-25)15-19-10-22(26(28,29)30)13-23(11-19)27(31,32)33/h3,6,9-13,16,18H,1-2,4-5,7-8,15H2/b20-12+. The third-order valence-electron chi connectivity index (χ3n) is 6.55. The van der Waals surface area contributed by atoms with Gasteiger partial charge in [0.2, 0.25) is 0 Å². The number of fused-ring (bicyclic) bond motifs is 1. The third-order valence-corrected chi connectivity index (χ3v) is 6.55. The van der Waals surface area contributed by atoms with Crippen LogP contribution in [0.2, 0.25) is 0 Å². The van der Waals surface area contributed by atoms with E-state index in [1.807, 2.05) is 0 Å². The fraction of sp³-hybridized carbons (Fsp3) is 0.333. The van der Waals surface area contributed by atoms with Crippen LogP contribution in [-0.2, 0) is 18.9 Å². The largest absolute Gasteiger partial charge is 0.416 e. The lowest BCUT2D eigenvalue weighted by Gasteiger charge is -2.25. The summed E-state index contributed by atoms with van der Waals surface area (Å²) < 4.78 is 81.3. The Bertz CT molecular complexity index is 1320. The Balaban J connectivity index is 1.70. The van der Waals surface area contributed by atoms with Crippen molar-refractivity contribution in [1.29, 1.82) is 5.26 Å². The van der Waals surface area contributed by atoms with Crippen molar-refractivity contribution in [2.45, 2.75) is 51.0 Å². The van der Waals surface area contributed by atoms with E-state index in [-0.39, 0.29) is 18.2 Å². The van der Waals surface area contributed by atoms with Crippen LogP contribution in [0.4, 0.5) is 26.3 Å². The smallest absolute Gasteiger partial charge is 0.327 e. The molecular weight excluding hydrogens is 480 g/mol. The number of benzene rings is 1. The normalized spacial score (nSPS) is 15.1. The molecule has 3 nitrogen and oxygen atoms in total. The van der Waals surface area contributed by atoms with Crippen LogP contribution in [0.15, 0.2) is 60.5 Å². The van der Waals surface area contributed by atoms with E-state index in [9.17, 15) is 31.6 Å². The summed E-state index contributed by atoms with van der Waals surface area (Å²) in [6, 6.07) is 7.11. The van der Waals surface area contributed by atoms with Crippen LogP contribution in [0.5, 0.6) is 0 Å². The topological polar surface area (TPSA) is 41.6 Å². The second kappa shape index (κ2) is 9.84. The van der Waals surface area contributed by atoms with Crippen molar-refractivity contribution in [3.63, 3.8) is 0 Å². The van der Waals surface area contributed by atoms with Gasteiger partial charge in [0.1, 0.15) is 5.65 Å². The summed E-state index contributed by atoms with van der Waals surface area (Å²) in [4.78, 5) is 4.28. The van der Waals surface area contributed by atoms with Crippen LogP contribution < -0.4 is 0 Å². The summed E-state index contributed by atoms with van der Waals surface area (Å²) in [5.74, 6) is 0.654. The minimum atomic E-state index is -4.93. The maximum absolute atomic E-state index is 13.3. The number of hydrogen-bond donors (Lipinski definition) is 0. The van der Waals surface area contributed by atoms with E-state index in [1.165, 1.54) is 30.0 Å². The highest BCUT2D eigenvalue weighted by molar-refractivity contribution is 5.88. The number of rotatable bonds is 7. The first-order valence-corrected chi connectivity index (χ1v) is 11.5. The maximum atomic E-state index is 13.3. The van der Waals surface area contributed by atoms with Crippen molar-refractivity contribution in [2.75, 3.05) is 0 Å². The number of hydrogen-bond acceptors (Lipinski definition) is 2. The van der Waals surface area contributed by atoms with Crippen LogP contribution in [0.3, 0.4) is 0 Å². The summed E-state index contributed by atoms with van der Waals surface area (Å²) >= 11 is 0. The zero-order valence-electron chi connectivity index (χ0n) is 19.3. The summed E-state index contributed by atoms with van der Waals surface area (Å²) in [5, 5.41) is 10.3. The van der Waals surface area contributed by atoms with E-state index in [0.717, 1.165) is 6.42 Å². The Labute approximate surface area is 204 Å². The summed E-state index contributed by atoms with van der Waals surface area (Å²) in [6.07, 6.45) is 0.101. The molecule has 9 heteroatoms. The van der Waals surface area contributed by atoms with Gasteiger partial charge in [-0.2, -0.15) is 31.6 Å². The molecule has 2 heterocycles. The highest BCUT2D eigenvalue weighted by atomic mass is 19.4. The van der Waals surface area contributed by atoms with Gasteiger partial charge >= 0.3 is 12.4 Å². The third kappa shape index (κ3) is 5.64. The lowest BCUT2D eigenvalue weighted by molar-refractivity contribution is -0.143. The van der Waals surface area contributed by atoms with Crippen LogP contribution in [0.1, 0.15) is 54.4 Å². The second-order valence-electron chi connectivity index (χ2n) is 9.11. The van der Waals surface area contributed by atoms with Gasteiger partial charge in [0.25, 0.3) is 0 Å². The van der Waals surface area contributed by atoms with E-state index in [2.05, 4.69) is 17.6 Å². The average Bonchev–Trinajstić information content (AvgIpc) is 3.12. The Morgan fingerprint density at radius 3 is 2.33 bits per heavy atom. The highest BCUT2D eigenvalue weighted by Crippen LogP contribution is 2.37. The van der Waals surface area contributed by atoms with Gasteiger partial charge < -0.3 is 4.57 Å². The van der Waals surface area contributed by atoms with Gasteiger partial charge in [-0.1, -0.05) is 25.8 Å². The van der Waals surface area contributed by atoms with E-state index in [1.54, 1.807) is 24.4 Å². The Morgan fingerprint density at radius 1 is 1.11 bits per heavy atom. The van der Waals surface area contributed by atoms with E-state index in [0.29, 0.717) is 52.2 Å². The quantitative estimate of drug-likeness (QED) is 0.185. The Hall–Kier alpha value is -3.54. The van der Waals surface area contributed by atoms with Gasteiger partial charge in [-0.15, -0.1) is 0 Å². The number of aromatic nitrogens is 2. The number of pyridine rings is 1. The van der Waals surface area contributed by atoms with Crippen molar-refractivity contribution in [1.82, 2.24) is 9.55 Å². The van der Waals surface area contributed by atoms with Crippen molar-refractivity contribution < 1.29 is 26.3 Å². The predicted molar refractivity (Wildman–Crippen MR) is 125 cm³/mol. The van der Waals surface area contributed by atoms with Gasteiger partial charge in [-0.25, -0.2) is 4.98 Å². The van der Waals surface area contributed by atoms with Crippen LogP contribution >= 0.6 is 0 Å². The van der Waals surface area contributed by atoms with E-state index in [4.69, 9.17) is 0 Å². The van der Waals surface area contributed by atoms with Crippen LogP contribution in [0.25, 0.3) is 17.1 Å². The first-order chi connectivity index (χ1) is 17.0. The molecule has 0 unspecified atom stereocenters. The van der Waals surface area contributed by atoms with Crippen molar-refractivity contribution in [2.24, 2.45) is 5.92 Å². The molecule has 0 aliphatic heterocycles. The summed E-state index contributed by atoms with van der Waals surface area (Å²) in [5.41, 5.74) is -0.856. The van der Waals surface area contributed by atoms with E-state index >= 15 is 0 Å². The predicted octanol–water partition coefficient (Wildman–Crippen LogP) is 8.17. The SMILES string of the molecule is C=C(CCC1CCC1)/C(C#N)=C/c1cn(Cc2cc(C(F)(F)F)cc(C(F)(F)F)c2)c2ncccc12. The number of nitriles is 1. The molecule has 1 saturated carbocycles. The number of allylic oxidation sites excluding steroid dienone is 2. The Kier molecular flexibility index (Phi) is 6.98. The zero-order valence-corrected chi connectivity index (χ0v) is 19.3. The number of alkyl halides is 6. The van der Waals surface area contributed by atoms with Gasteiger partial charge in [-0.05, 0) is 66.3 Å². The van der Waals surface area contributed by atoms with Crippen LogP contribution in [0, 0.1) is 17.2 Å². The highest BCUT2D eigenvalue weighted by Gasteiger charge is 2.37. The molecule has 0 bridgehead atoms. The lowest BCUT2D eigenvalue weighted by atomic mass is 9.81. The molecule has 2 aromatic heterocycles. The molecule has 1 aliphatic carbocycles. The number of nitrogens with zero attached hydrogens (tertiary/aromatic N) is 3. The van der Waals surface area contributed by atoms with Gasteiger partial charge in [0.05, 0.1) is 22.8 Å². The van der Waals surface area contributed by atoms with Gasteiger partial charge in [0.15, 0.2) is 0 Å². The first kappa shape index (κ1) is 25.5. The Morgan fingerprint density at radius 2 is 1.78 bits per heavy atom. The maximum Gasteiger partial charge on any atom is 0.416 e. The second-order valence-corrected chi connectivity index (χ2v) is 9.11. The van der Waals surface area contributed by atoms with Crippen LogP contribution in [-0.4, -0.2) is 9.55 Å². The fourth-order valence-electron chi connectivity index (χ4n) is 4.36. The molecular formula is C27H23F6N3. The minimum absolute atomic E-state index is 0.109. The van der Waals surface area contributed by atoms with Crippen molar-refractivity contribution >= 4 is 17.1 Å². The minimum Gasteiger partial charge on any atom is -0.327 e. The summed E-state index contributed by atoms with van der Waals surface area (Å²) in [7, 11) is 0. The monoisotopic (exact) mass is 503 g/mol. The lowest BCUT2D eigenvalue weighted by Crippen LogP contribution is -2.12. The molecule has 0 spiro atoms. The molecule has 4 rings (SSSR count). The van der Waals surface area contributed by atoms with Crippen molar-refractivity contribution in [3.05, 3.63) is 82.7 Å². The molecule has 0 N–H and O–H groups in total. The number of halogens is 6. The molecule has 36 heavy (non-hydrogen) atoms. The molecule has 1 aliphatic rings. The molecule has 0 radical (unpaired) electrons. The summed E-state index contributed by atoms with van der Waals surface area (Å²) in [6.45, 7) is 3.78. The van der Waals surface area contributed by atoms with Gasteiger partial charge in [0, 0.05) is 29.9 Å². The fourth-order valence-corrected chi connectivity index (χ4v) is 4.36. The zero-order chi connectivity index (χ0) is 26.1. The van der Waals surface area contributed by atoms with Gasteiger partial charge in [-0.3, -0.25) is 0 Å². The molecule has 1 fully saturated rings. The molecule has 0 saturated heterocycles. The average molecular weight is 503 g/mol. The molecule has 1 aromatic carbocycles. The van der Waals surface area contributed by atoms with Crippen molar-refractivity contribution in [3.8, 4) is 6.07 Å². The molecule has 188 valence electrons.